The molecule has 0 saturated carbocycles. The highest BCUT2D eigenvalue weighted by Crippen LogP contribution is 2.29. The van der Waals surface area contributed by atoms with Crippen LogP contribution < -0.4 is 4.74 Å². The fourth-order valence-corrected chi connectivity index (χ4v) is 2.71. The Morgan fingerprint density at radius 3 is 2.24 bits per heavy atom. The monoisotopic (exact) mass is 292 g/mol. The van der Waals surface area contributed by atoms with Gasteiger partial charge in [-0.1, -0.05) is 70.4 Å². The van der Waals surface area contributed by atoms with E-state index < -0.39 is 5.60 Å². The Morgan fingerprint density at radius 2 is 1.62 bits per heavy atom. The SMILES string of the molecule is CCCCCCCCCCC(C)(O)c1cccc(OC)c1. The van der Waals surface area contributed by atoms with Gasteiger partial charge in [0.05, 0.1) is 12.7 Å². The molecule has 1 unspecified atom stereocenters. The van der Waals surface area contributed by atoms with Gasteiger partial charge < -0.3 is 9.84 Å². The molecule has 1 aromatic rings. The third-order valence-corrected chi connectivity index (χ3v) is 4.21. The fraction of sp³-hybridized carbons (Fsp3) is 0.684. The Hall–Kier alpha value is -1.02. The van der Waals surface area contributed by atoms with Gasteiger partial charge in [-0.3, -0.25) is 0 Å². The summed E-state index contributed by atoms with van der Waals surface area (Å²) in [6.45, 7) is 4.16. The van der Waals surface area contributed by atoms with Crippen molar-refractivity contribution in [2.45, 2.75) is 77.2 Å². The molecule has 0 aliphatic rings. The molecule has 0 heterocycles. The highest BCUT2D eigenvalue weighted by atomic mass is 16.5. The van der Waals surface area contributed by atoms with Crippen LogP contribution in [0, 0.1) is 0 Å². The minimum absolute atomic E-state index is 0.753. The number of hydrogen-bond acceptors (Lipinski definition) is 2. The van der Waals surface area contributed by atoms with Gasteiger partial charge in [-0.15, -0.1) is 0 Å². The molecule has 1 N–H and O–H groups in total. The number of unbranched alkanes of at least 4 members (excludes halogenated alkanes) is 7. The van der Waals surface area contributed by atoms with E-state index in [0.29, 0.717) is 0 Å². The van der Waals surface area contributed by atoms with Crippen LogP contribution in [0.3, 0.4) is 0 Å². The first kappa shape index (κ1) is 18.0. The molecule has 0 amide bonds. The van der Waals surface area contributed by atoms with Crippen molar-refractivity contribution >= 4 is 0 Å². The van der Waals surface area contributed by atoms with Crippen LogP contribution in [0.1, 0.15) is 77.2 Å². The summed E-state index contributed by atoms with van der Waals surface area (Å²) in [5.41, 5.74) is 0.196. The molecular weight excluding hydrogens is 260 g/mol. The van der Waals surface area contributed by atoms with E-state index in [-0.39, 0.29) is 0 Å². The average molecular weight is 292 g/mol. The van der Waals surface area contributed by atoms with Crippen molar-refractivity contribution in [3.63, 3.8) is 0 Å². The molecule has 0 fully saturated rings. The maximum atomic E-state index is 10.6. The highest BCUT2D eigenvalue weighted by molar-refractivity contribution is 5.31. The Balaban J connectivity index is 2.26. The first-order valence-corrected chi connectivity index (χ1v) is 8.47. The average Bonchev–Trinajstić information content (AvgIpc) is 2.50. The zero-order valence-corrected chi connectivity index (χ0v) is 14.0. The molecule has 1 atom stereocenters. The highest BCUT2D eigenvalue weighted by Gasteiger charge is 2.22. The van der Waals surface area contributed by atoms with E-state index in [2.05, 4.69) is 6.92 Å². The molecule has 2 heteroatoms. The Morgan fingerprint density at radius 1 is 1.00 bits per heavy atom. The lowest BCUT2D eigenvalue weighted by Crippen LogP contribution is -2.20. The smallest absolute Gasteiger partial charge is 0.119 e. The van der Waals surface area contributed by atoms with E-state index in [1.165, 1.54) is 44.9 Å². The predicted octanol–water partition coefficient (Wildman–Crippen LogP) is 5.43. The molecule has 0 spiro atoms. The summed E-state index contributed by atoms with van der Waals surface area (Å²) in [4.78, 5) is 0. The lowest BCUT2D eigenvalue weighted by atomic mass is 9.90. The molecule has 21 heavy (non-hydrogen) atoms. The molecule has 0 aromatic heterocycles. The van der Waals surface area contributed by atoms with Gasteiger partial charge in [0.2, 0.25) is 0 Å². The van der Waals surface area contributed by atoms with Crippen molar-refractivity contribution in [2.24, 2.45) is 0 Å². The second-order valence-electron chi connectivity index (χ2n) is 6.23. The molecule has 120 valence electrons. The largest absolute Gasteiger partial charge is 0.497 e. The predicted molar refractivity (Wildman–Crippen MR) is 89.8 cm³/mol. The third-order valence-electron chi connectivity index (χ3n) is 4.21. The van der Waals surface area contributed by atoms with Gasteiger partial charge in [0.1, 0.15) is 5.75 Å². The summed E-state index contributed by atoms with van der Waals surface area (Å²) in [7, 11) is 1.66. The summed E-state index contributed by atoms with van der Waals surface area (Å²) in [6, 6.07) is 7.77. The second-order valence-corrected chi connectivity index (χ2v) is 6.23. The molecule has 0 saturated heterocycles. The molecule has 0 aliphatic carbocycles. The van der Waals surface area contributed by atoms with E-state index in [9.17, 15) is 5.11 Å². The minimum atomic E-state index is -0.753. The number of rotatable bonds is 11. The van der Waals surface area contributed by atoms with Gasteiger partial charge in [0.25, 0.3) is 0 Å². The van der Waals surface area contributed by atoms with Crippen molar-refractivity contribution in [1.82, 2.24) is 0 Å². The van der Waals surface area contributed by atoms with Gasteiger partial charge >= 0.3 is 0 Å². The Bertz CT molecular complexity index is 385. The third kappa shape index (κ3) is 6.99. The maximum Gasteiger partial charge on any atom is 0.119 e. The van der Waals surface area contributed by atoms with Crippen LogP contribution in [0.5, 0.6) is 5.75 Å². The van der Waals surface area contributed by atoms with Crippen molar-refractivity contribution in [3.8, 4) is 5.75 Å². The van der Waals surface area contributed by atoms with Crippen LogP contribution in [0.2, 0.25) is 0 Å². The lowest BCUT2D eigenvalue weighted by Gasteiger charge is -2.24. The van der Waals surface area contributed by atoms with Crippen molar-refractivity contribution in [2.75, 3.05) is 7.11 Å². The quantitative estimate of drug-likeness (QED) is 0.551. The zero-order valence-electron chi connectivity index (χ0n) is 14.0. The molecule has 2 nitrogen and oxygen atoms in total. The number of hydrogen-bond donors (Lipinski definition) is 1. The Kier molecular flexibility index (Phi) is 8.44. The van der Waals surface area contributed by atoms with Crippen LogP contribution in [0.25, 0.3) is 0 Å². The van der Waals surface area contributed by atoms with Gasteiger partial charge in [0.15, 0.2) is 0 Å². The maximum absolute atomic E-state index is 10.6. The first-order valence-electron chi connectivity index (χ1n) is 8.47. The standard InChI is InChI=1S/C19H32O2/c1-4-5-6-7-8-9-10-11-15-19(2,20)17-13-12-14-18(16-17)21-3/h12-14,16,20H,4-11,15H2,1-3H3. The molecular formula is C19H32O2. The normalized spacial score (nSPS) is 13.9. The van der Waals surface area contributed by atoms with Crippen molar-refractivity contribution in [1.29, 1.82) is 0 Å². The summed E-state index contributed by atoms with van der Waals surface area (Å²) < 4.78 is 5.23. The fourth-order valence-electron chi connectivity index (χ4n) is 2.71. The van der Waals surface area contributed by atoms with E-state index in [4.69, 9.17) is 4.74 Å². The Labute approximate surface area is 130 Å². The molecule has 1 rings (SSSR count). The summed E-state index contributed by atoms with van der Waals surface area (Å²) in [5.74, 6) is 0.809. The van der Waals surface area contributed by atoms with Gasteiger partial charge in [-0.2, -0.15) is 0 Å². The number of ether oxygens (including phenoxy) is 1. The van der Waals surface area contributed by atoms with Crippen molar-refractivity contribution < 1.29 is 9.84 Å². The molecule has 0 aliphatic heterocycles. The zero-order chi connectivity index (χ0) is 15.6. The number of benzene rings is 1. The molecule has 0 radical (unpaired) electrons. The number of aliphatic hydroxyl groups is 1. The van der Waals surface area contributed by atoms with E-state index in [1.54, 1.807) is 7.11 Å². The van der Waals surface area contributed by atoms with Gasteiger partial charge in [0, 0.05) is 0 Å². The lowest BCUT2D eigenvalue weighted by molar-refractivity contribution is 0.0446. The van der Waals surface area contributed by atoms with E-state index >= 15 is 0 Å². The van der Waals surface area contributed by atoms with Crippen LogP contribution in [-0.2, 0) is 5.60 Å². The minimum Gasteiger partial charge on any atom is -0.497 e. The van der Waals surface area contributed by atoms with Crippen molar-refractivity contribution in [3.05, 3.63) is 29.8 Å². The van der Waals surface area contributed by atoms with Crippen LogP contribution in [-0.4, -0.2) is 12.2 Å². The molecule has 1 aromatic carbocycles. The van der Waals surface area contributed by atoms with E-state index in [0.717, 1.165) is 24.2 Å². The van der Waals surface area contributed by atoms with Crippen LogP contribution in [0.15, 0.2) is 24.3 Å². The van der Waals surface area contributed by atoms with Gasteiger partial charge in [-0.25, -0.2) is 0 Å². The first-order chi connectivity index (χ1) is 10.1. The molecule has 0 bridgehead atoms. The van der Waals surface area contributed by atoms with Gasteiger partial charge in [-0.05, 0) is 31.0 Å². The van der Waals surface area contributed by atoms with Crippen LogP contribution in [0.4, 0.5) is 0 Å². The summed E-state index contributed by atoms with van der Waals surface area (Å²) in [5, 5.41) is 10.6. The van der Waals surface area contributed by atoms with Crippen LogP contribution >= 0.6 is 0 Å². The number of methoxy groups -OCH3 is 1. The second kappa shape index (κ2) is 9.83. The summed E-state index contributed by atoms with van der Waals surface area (Å²) in [6.07, 6.45) is 11.1. The summed E-state index contributed by atoms with van der Waals surface area (Å²) >= 11 is 0. The van der Waals surface area contributed by atoms with E-state index in [1.807, 2.05) is 31.2 Å². The topological polar surface area (TPSA) is 29.5 Å².